The average molecular weight is 503 g/mol. The molecule has 0 aliphatic heterocycles. The Bertz CT molecular complexity index is 1180. The van der Waals surface area contributed by atoms with Crippen LogP contribution in [0, 0.1) is 35.0 Å². The van der Waals surface area contributed by atoms with Crippen molar-refractivity contribution in [2.24, 2.45) is 5.41 Å². The molecule has 5 nitrogen and oxygen atoms in total. The molecule has 0 fully saturated rings. The first-order valence-electron chi connectivity index (χ1n) is 9.91. The molecular formula is C23H20F7N3O2. The number of hydrogen-bond donors (Lipinski definition) is 1. The zero-order chi connectivity index (χ0) is 27.2. The van der Waals surface area contributed by atoms with Crippen molar-refractivity contribution < 1.29 is 40.3 Å². The minimum atomic E-state index is -6.75. The van der Waals surface area contributed by atoms with Crippen molar-refractivity contribution in [2.75, 3.05) is 7.11 Å². The second-order valence-electron chi connectivity index (χ2n) is 8.80. The molecule has 1 aromatic carbocycles. The Labute approximate surface area is 196 Å². The van der Waals surface area contributed by atoms with Crippen LogP contribution in [0.15, 0.2) is 41.1 Å². The number of carbonyl (C=O) groups is 1. The summed E-state index contributed by atoms with van der Waals surface area (Å²) < 4.78 is 103. The number of allylic oxidation sites excluding steroid dienone is 1. The third-order valence-electron chi connectivity index (χ3n) is 5.20. The predicted molar refractivity (Wildman–Crippen MR) is 110 cm³/mol. The maximum absolute atomic E-state index is 15.4. The number of nitrogens with one attached hydrogen (secondary N) is 1. The smallest absolute Gasteiger partial charge is 0.460 e. The van der Waals surface area contributed by atoms with Crippen molar-refractivity contribution >= 4 is 11.5 Å². The highest BCUT2D eigenvalue weighted by atomic mass is 19.4. The van der Waals surface area contributed by atoms with Gasteiger partial charge in [0, 0.05) is 11.1 Å². The molecule has 0 heterocycles. The van der Waals surface area contributed by atoms with Gasteiger partial charge in [-0.05, 0) is 38.8 Å². The first-order valence-corrected chi connectivity index (χ1v) is 9.91. The molecule has 2 rings (SSSR count). The van der Waals surface area contributed by atoms with Gasteiger partial charge in [-0.3, -0.25) is 0 Å². The molecule has 0 aromatic heterocycles. The number of esters is 1. The van der Waals surface area contributed by atoms with Crippen molar-refractivity contribution in [3.63, 3.8) is 0 Å². The lowest BCUT2D eigenvalue weighted by molar-refractivity contribution is -0.344. The Morgan fingerprint density at radius 2 is 1.51 bits per heavy atom. The molecule has 0 saturated carbocycles. The van der Waals surface area contributed by atoms with Gasteiger partial charge in [0.2, 0.25) is 5.41 Å². The van der Waals surface area contributed by atoms with E-state index in [1.54, 1.807) is 0 Å². The maximum atomic E-state index is 15.4. The summed E-state index contributed by atoms with van der Waals surface area (Å²) in [4.78, 5) is 12.8. The fourth-order valence-electron chi connectivity index (χ4n) is 3.68. The van der Waals surface area contributed by atoms with Gasteiger partial charge in [0.1, 0.15) is 0 Å². The number of nitriles is 2. The van der Waals surface area contributed by atoms with E-state index in [9.17, 15) is 37.3 Å². The Balaban J connectivity index is 3.26. The Morgan fingerprint density at radius 1 is 1.00 bits per heavy atom. The van der Waals surface area contributed by atoms with Crippen LogP contribution in [0.25, 0.3) is 5.57 Å². The Hall–Kier alpha value is -3.54. The predicted octanol–water partition coefficient (Wildman–Crippen LogP) is 5.44. The van der Waals surface area contributed by atoms with Gasteiger partial charge in [-0.15, -0.1) is 0 Å². The molecule has 12 heteroatoms. The van der Waals surface area contributed by atoms with Crippen LogP contribution in [0.2, 0.25) is 0 Å². The lowest BCUT2D eigenvalue weighted by Crippen LogP contribution is -2.54. The first kappa shape index (κ1) is 27.7. The number of halogens is 7. The molecule has 35 heavy (non-hydrogen) atoms. The Kier molecular flexibility index (Phi) is 6.80. The third kappa shape index (κ3) is 4.22. The van der Waals surface area contributed by atoms with Gasteiger partial charge in [-0.2, -0.15) is 41.3 Å². The molecule has 0 radical (unpaired) electrons. The summed E-state index contributed by atoms with van der Waals surface area (Å²) in [6.07, 6.45) is -6.75. The van der Waals surface area contributed by atoms with Gasteiger partial charge >= 0.3 is 24.0 Å². The summed E-state index contributed by atoms with van der Waals surface area (Å²) in [6.45, 7) is 5.41. The van der Waals surface area contributed by atoms with E-state index < -0.39 is 57.4 Å². The largest absolute Gasteiger partial charge is 0.465 e. The van der Waals surface area contributed by atoms with Crippen LogP contribution >= 0.6 is 0 Å². The normalized spacial score (nSPS) is 16.6. The monoisotopic (exact) mass is 503 g/mol. The van der Waals surface area contributed by atoms with Crippen LogP contribution in [0.5, 0.6) is 0 Å². The van der Waals surface area contributed by atoms with Crippen LogP contribution < -0.4 is 5.32 Å². The molecule has 1 aliphatic carbocycles. The van der Waals surface area contributed by atoms with E-state index >= 15 is 8.78 Å². The maximum Gasteiger partial charge on any atom is 0.460 e. The number of rotatable bonds is 5. The van der Waals surface area contributed by atoms with Gasteiger partial charge < -0.3 is 10.1 Å². The molecule has 0 amide bonds. The first-order chi connectivity index (χ1) is 15.8. The summed E-state index contributed by atoms with van der Waals surface area (Å²) in [6, 6.07) is 8.40. The molecule has 1 N–H and O–H groups in total. The third-order valence-corrected chi connectivity index (χ3v) is 5.20. The van der Waals surface area contributed by atoms with Gasteiger partial charge in [-0.1, -0.05) is 24.3 Å². The number of methoxy groups -OCH3 is 1. The molecular weight excluding hydrogens is 483 g/mol. The lowest BCUT2D eigenvalue weighted by atomic mass is 9.77. The van der Waals surface area contributed by atoms with Crippen LogP contribution in [-0.4, -0.2) is 36.6 Å². The number of alkyl halides is 7. The van der Waals surface area contributed by atoms with E-state index in [2.05, 4.69) is 10.1 Å². The van der Waals surface area contributed by atoms with Crippen molar-refractivity contribution in [1.29, 1.82) is 10.5 Å². The van der Waals surface area contributed by atoms with E-state index in [4.69, 9.17) is 0 Å². The number of ether oxygens (including phenoxy) is 1. The number of hydrogen-bond acceptors (Lipinski definition) is 5. The number of nitrogens with zero attached hydrogens (tertiary/aromatic N) is 2. The second-order valence-corrected chi connectivity index (χ2v) is 8.80. The van der Waals surface area contributed by atoms with E-state index in [0.717, 1.165) is 0 Å². The number of benzene rings is 1. The highest BCUT2D eigenvalue weighted by Gasteiger charge is 2.77. The highest BCUT2D eigenvalue weighted by molar-refractivity contribution is 6.09. The van der Waals surface area contributed by atoms with Crippen LogP contribution in [-0.2, 0) is 9.53 Å². The van der Waals surface area contributed by atoms with Crippen molar-refractivity contribution in [2.45, 2.75) is 51.3 Å². The molecule has 1 aromatic rings. The second kappa shape index (κ2) is 8.59. The van der Waals surface area contributed by atoms with Gasteiger partial charge in [0.25, 0.3) is 0 Å². The standard InChI is InChI=1S/C23H20F7N3O2/c1-12-8-6-7-9-13(12)15-14(18(34)35-5)16(21(24,25)22(26,27)23(28,29)30)17(33-19(2,3)4)20(15,10-31)11-32/h6-9,33H,1-5H3. The van der Waals surface area contributed by atoms with Gasteiger partial charge in [0.05, 0.1) is 36.1 Å². The van der Waals surface area contributed by atoms with Gasteiger partial charge in [-0.25, -0.2) is 4.79 Å². The molecule has 0 bridgehead atoms. The molecule has 0 atom stereocenters. The summed E-state index contributed by atoms with van der Waals surface area (Å²) in [7, 11) is 0.693. The topological polar surface area (TPSA) is 85.9 Å². The molecule has 188 valence electrons. The number of carbonyl (C=O) groups excluding carboxylic acids is 1. The lowest BCUT2D eigenvalue weighted by Gasteiger charge is -2.33. The van der Waals surface area contributed by atoms with Crippen molar-refractivity contribution in [3.05, 3.63) is 52.2 Å². The van der Waals surface area contributed by atoms with Crippen LogP contribution in [0.4, 0.5) is 30.7 Å². The average Bonchev–Trinajstić information content (AvgIpc) is 3.01. The highest BCUT2D eigenvalue weighted by Crippen LogP contribution is 2.60. The number of aryl methyl sites for hydroxylation is 1. The summed E-state index contributed by atoms with van der Waals surface area (Å²) in [5.74, 6) is -14.5. The van der Waals surface area contributed by atoms with Crippen molar-refractivity contribution in [1.82, 2.24) is 5.32 Å². The molecule has 0 unspecified atom stereocenters. The zero-order valence-corrected chi connectivity index (χ0v) is 19.2. The van der Waals surface area contributed by atoms with Crippen LogP contribution in [0.1, 0.15) is 31.9 Å². The molecule has 0 saturated heterocycles. The van der Waals surface area contributed by atoms with Gasteiger partial charge in [0.15, 0.2) is 0 Å². The fraction of sp³-hybridized carbons (Fsp3) is 0.435. The minimum absolute atomic E-state index is 0.162. The fourth-order valence-corrected chi connectivity index (χ4v) is 3.68. The summed E-state index contributed by atoms with van der Waals surface area (Å²) in [5, 5.41) is 22.4. The van der Waals surface area contributed by atoms with E-state index in [0.29, 0.717) is 7.11 Å². The molecule has 0 spiro atoms. The molecule has 1 aliphatic rings. The minimum Gasteiger partial charge on any atom is -0.465 e. The summed E-state index contributed by atoms with van der Waals surface area (Å²) in [5.41, 5.74) is -9.76. The summed E-state index contributed by atoms with van der Waals surface area (Å²) >= 11 is 0. The van der Waals surface area contributed by atoms with E-state index in [1.807, 2.05) is 0 Å². The van der Waals surface area contributed by atoms with Crippen molar-refractivity contribution in [3.8, 4) is 12.1 Å². The SMILES string of the molecule is COC(=O)C1=C(c2ccccc2C)C(C#N)(C#N)C(NC(C)(C)C)=C1C(F)(F)C(F)(F)C(F)(F)F. The Morgan fingerprint density at radius 3 is 1.91 bits per heavy atom. The van der Waals surface area contributed by atoms with Crippen LogP contribution in [0.3, 0.4) is 0 Å². The van der Waals surface area contributed by atoms with E-state index in [1.165, 1.54) is 64.1 Å². The zero-order valence-electron chi connectivity index (χ0n) is 19.2. The van der Waals surface area contributed by atoms with E-state index in [-0.39, 0.29) is 11.1 Å². The quantitative estimate of drug-likeness (QED) is 0.427.